The van der Waals surface area contributed by atoms with Gasteiger partial charge >= 0.3 is 5.97 Å². The third-order valence-corrected chi connectivity index (χ3v) is 3.04. The van der Waals surface area contributed by atoms with Gasteiger partial charge in [-0.3, -0.25) is 4.98 Å². The normalized spacial score (nSPS) is 16.2. The smallest absolute Gasteiger partial charge is 0.340 e. The Hall–Kier alpha value is -2.04. The molecule has 0 saturated heterocycles. The molecule has 1 aromatic heterocycles. The van der Waals surface area contributed by atoms with Crippen molar-refractivity contribution in [2.45, 2.75) is 32.5 Å². The number of ether oxygens (including phenoxy) is 3. The molecule has 0 aliphatic carbocycles. The van der Waals surface area contributed by atoms with E-state index in [9.17, 15) is 4.79 Å². The first-order valence-corrected chi connectivity index (χ1v) is 6.32. The van der Waals surface area contributed by atoms with Crippen molar-refractivity contribution >= 4 is 5.97 Å². The van der Waals surface area contributed by atoms with E-state index in [0.29, 0.717) is 11.3 Å². The summed E-state index contributed by atoms with van der Waals surface area (Å²) in [5, 5.41) is 0. The Kier molecular flexibility index (Phi) is 4.04. The summed E-state index contributed by atoms with van der Waals surface area (Å²) in [6.07, 6.45) is 6.05. The first kappa shape index (κ1) is 13.4. The van der Waals surface area contributed by atoms with E-state index < -0.39 is 11.8 Å². The number of hydrogen-bond donors (Lipinski definition) is 0. The zero-order valence-electron chi connectivity index (χ0n) is 11.1. The summed E-state index contributed by atoms with van der Waals surface area (Å²) in [5.74, 6) is -0.500. The number of hydrogen-bond acceptors (Lipinski definition) is 5. The molecular formula is C14H17NO4. The lowest BCUT2D eigenvalue weighted by molar-refractivity contribution is -0.154. The Morgan fingerprint density at radius 2 is 2.21 bits per heavy atom. The molecule has 0 unspecified atom stereocenters. The molecule has 19 heavy (non-hydrogen) atoms. The van der Waals surface area contributed by atoms with E-state index in [1.165, 1.54) is 12.5 Å². The fourth-order valence-corrected chi connectivity index (χ4v) is 1.79. The average molecular weight is 263 g/mol. The minimum atomic E-state index is -0.601. The SMILES string of the molecule is CCC1(CC)OC=C(COC(=O)c2cccnc2)O1. The van der Waals surface area contributed by atoms with Gasteiger partial charge in [0.15, 0.2) is 12.4 Å². The van der Waals surface area contributed by atoms with Crippen LogP contribution in [0, 0.1) is 0 Å². The number of pyridine rings is 1. The van der Waals surface area contributed by atoms with E-state index in [1.54, 1.807) is 18.3 Å². The van der Waals surface area contributed by atoms with Crippen LogP contribution in [0.5, 0.6) is 0 Å². The van der Waals surface area contributed by atoms with Crippen LogP contribution < -0.4 is 0 Å². The van der Waals surface area contributed by atoms with Gasteiger partial charge in [-0.25, -0.2) is 4.79 Å². The van der Waals surface area contributed by atoms with Gasteiger partial charge in [0, 0.05) is 25.2 Å². The molecule has 0 radical (unpaired) electrons. The summed E-state index contributed by atoms with van der Waals surface area (Å²) in [5.41, 5.74) is 0.416. The molecule has 0 amide bonds. The van der Waals surface area contributed by atoms with E-state index in [1.807, 2.05) is 13.8 Å². The van der Waals surface area contributed by atoms with Crippen LogP contribution in [-0.2, 0) is 14.2 Å². The monoisotopic (exact) mass is 263 g/mol. The lowest BCUT2D eigenvalue weighted by Crippen LogP contribution is -2.28. The Morgan fingerprint density at radius 3 is 2.79 bits per heavy atom. The molecule has 1 aliphatic rings. The molecule has 2 heterocycles. The maximum atomic E-state index is 11.7. The molecule has 0 fully saturated rings. The fourth-order valence-electron chi connectivity index (χ4n) is 1.79. The largest absolute Gasteiger partial charge is 0.456 e. The van der Waals surface area contributed by atoms with Crippen LogP contribution in [0.3, 0.4) is 0 Å². The second-order valence-electron chi connectivity index (χ2n) is 4.24. The number of carbonyl (C=O) groups excluding carboxylic acids is 1. The fraction of sp³-hybridized carbons (Fsp3) is 0.429. The minimum Gasteiger partial charge on any atom is -0.456 e. The zero-order chi connectivity index (χ0) is 13.7. The highest BCUT2D eigenvalue weighted by Crippen LogP contribution is 2.31. The standard InChI is InChI=1S/C14H17NO4/c1-3-14(4-2)18-10-12(19-14)9-17-13(16)11-6-5-7-15-8-11/h5-8,10H,3-4,9H2,1-2H3. The van der Waals surface area contributed by atoms with E-state index in [2.05, 4.69) is 4.98 Å². The van der Waals surface area contributed by atoms with Crippen molar-refractivity contribution in [3.8, 4) is 0 Å². The van der Waals surface area contributed by atoms with Gasteiger partial charge in [0.25, 0.3) is 0 Å². The lowest BCUT2D eigenvalue weighted by Gasteiger charge is -2.25. The molecule has 5 heteroatoms. The van der Waals surface area contributed by atoms with Gasteiger partial charge in [0.05, 0.1) is 5.56 Å². The van der Waals surface area contributed by atoms with Gasteiger partial charge in [0.2, 0.25) is 5.79 Å². The van der Waals surface area contributed by atoms with E-state index >= 15 is 0 Å². The highest BCUT2D eigenvalue weighted by atomic mass is 16.7. The number of rotatable bonds is 5. The summed E-state index contributed by atoms with van der Waals surface area (Å²) >= 11 is 0. The molecule has 2 rings (SSSR count). The lowest BCUT2D eigenvalue weighted by atomic mass is 10.1. The van der Waals surface area contributed by atoms with Crippen molar-refractivity contribution in [1.29, 1.82) is 0 Å². The first-order valence-electron chi connectivity index (χ1n) is 6.32. The van der Waals surface area contributed by atoms with Crippen molar-refractivity contribution < 1.29 is 19.0 Å². The van der Waals surface area contributed by atoms with Crippen LogP contribution in [0.1, 0.15) is 37.0 Å². The minimum absolute atomic E-state index is 0.0650. The Morgan fingerprint density at radius 1 is 1.42 bits per heavy atom. The van der Waals surface area contributed by atoms with Crippen LogP contribution in [0.2, 0.25) is 0 Å². The molecule has 0 aromatic carbocycles. The van der Waals surface area contributed by atoms with Crippen molar-refractivity contribution in [2.24, 2.45) is 0 Å². The van der Waals surface area contributed by atoms with Crippen molar-refractivity contribution in [1.82, 2.24) is 4.98 Å². The second kappa shape index (κ2) is 5.73. The maximum absolute atomic E-state index is 11.7. The summed E-state index contributed by atoms with van der Waals surface area (Å²) in [6.45, 7) is 4.04. The quantitative estimate of drug-likeness (QED) is 0.764. The molecule has 1 aromatic rings. The molecule has 0 spiro atoms. The molecular weight excluding hydrogens is 246 g/mol. The molecule has 0 saturated carbocycles. The van der Waals surface area contributed by atoms with Gasteiger partial charge in [-0.1, -0.05) is 13.8 Å². The van der Waals surface area contributed by atoms with E-state index in [0.717, 1.165) is 12.8 Å². The number of carbonyl (C=O) groups is 1. The molecule has 0 atom stereocenters. The highest BCUT2D eigenvalue weighted by molar-refractivity contribution is 5.88. The van der Waals surface area contributed by atoms with E-state index in [-0.39, 0.29) is 6.61 Å². The third kappa shape index (κ3) is 3.05. The molecule has 102 valence electrons. The van der Waals surface area contributed by atoms with E-state index in [4.69, 9.17) is 14.2 Å². The molecule has 0 bridgehead atoms. The number of nitrogens with zero attached hydrogens (tertiary/aromatic N) is 1. The second-order valence-corrected chi connectivity index (χ2v) is 4.24. The molecule has 1 aliphatic heterocycles. The topological polar surface area (TPSA) is 57.7 Å². The van der Waals surface area contributed by atoms with Gasteiger partial charge in [-0.15, -0.1) is 0 Å². The van der Waals surface area contributed by atoms with Crippen LogP contribution in [-0.4, -0.2) is 23.3 Å². The summed E-state index contributed by atoms with van der Waals surface area (Å²) in [7, 11) is 0. The van der Waals surface area contributed by atoms with Crippen LogP contribution in [0.4, 0.5) is 0 Å². The maximum Gasteiger partial charge on any atom is 0.340 e. The first-order chi connectivity index (χ1) is 9.19. The molecule has 0 N–H and O–H groups in total. The van der Waals surface area contributed by atoms with Crippen LogP contribution in [0.25, 0.3) is 0 Å². The predicted octanol–water partition coefficient (Wildman–Crippen LogP) is 2.64. The Balaban J connectivity index is 1.86. The summed E-state index contributed by atoms with van der Waals surface area (Å²) < 4.78 is 16.3. The van der Waals surface area contributed by atoms with Gasteiger partial charge in [-0.2, -0.15) is 0 Å². The van der Waals surface area contributed by atoms with Gasteiger partial charge < -0.3 is 14.2 Å². The van der Waals surface area contributed by atoms with Crippen molar-refractivity contribution in [3.05, 3.63) is 42.1 Å². The van der Waals surface area contributed by atoms with Crippen LogP contribution >= 0.6 is 0 Å². The Bertz CT molecular complexity index is 466. The highest BCUT2D eigenvalue weighted by Gasteiger charge is 2.35. The summed E-state index contributed by atoms with van der Waals surface area (Å²) in [4.78, 5) is 15.6. The van der Waals surface area contributed by atoms with Crippen molar-refractivity contribution in [3.63, 3.8) is 0 Å². The molecule has 5 nitrogen and oxygen atoms in total. The predicted molar refractivity (Wildman–Crippen MR) is 68.1 cm³/mol. The average Bonchev–Trinajstić information content (AvgIpc) is 2.90. The number of esters is 1. The number of aromatic nitrogens is 1. The zero-order valence-corrected chi connectivity index (χ0v) is 11.1. The third-order valence-electron chi connectivity index (χ3n) is 3.04. The van der Waals surface area contributed by atoms with Gasteiger partial charge in [0.1, 0.15) is 6.26 Å². The van der Waals surface area contributed by atoms with Crippen LogP contribution in [0.15, 0.2) is 36.5 Å². The van der Waals surface area contributed by atoms with Gasteiger partial charge in [-0.05, 0) is 12.1 Å². The summed E-state index contributed by atoms with van der Waals surface area (Å²) in [6, 6.07) is 3.34. The van der Waals surface area contributed by atoms with Crippen molar-refractivity contribution in [2.75, 3.05) is 6.61 Å². The Labute approximate surface area is 112 Å².